The number of aliphatic hydroxyl groups excluding tert-OH is 5. The molecule has 0 aromatic heterocycles. The fourth-order valence-electron chi connectivity index (χ4n) is 0.770. The molecule has 0 saturated carbocycles. The second-order valence-electron chi connectivity index (χ2n) is 2.84. The van der Waals surface area contributed by atoms with Gasteiger partial charge in [0.1, 0.15) is 24.4 Å². The van der Waals surface area contributed by atoms with E-state index in [9.17, 15) is 4.79 Å². The number of rotatable bonds is 5. The Hall–Kier alpha value is -0.530. The Bertz CT molecular complexity index is 159. The van der Waals surface area contributed by atoms with E-state index in [4.69, 9.17) is 25.5 Å². The molecule has 0 aliphatic carbocycles. The summed E-state index contributed by atoms with van der Waals surface area (Å²) in [5, 5.41) is 44.7. The summed E-state index contributed by atoms with van der Waals surface area (Å²) in [6, 6.07) is 0. The normalized spacial score (nSPS) is 22.9. The van der Waals surface area contributed by atoms with Crippen LogP contribution in [0.3, 0.4) is 0 Å². The van der Waals surface area contributed by atoms with Gasteiger partial charge in [-0.2, -0.15) is 0 Å². The first kappa shape index (κ1) is 12.5. The van der Waals surface area contributed by atoms with Crippen molar-refractivity contribution in [1.82, 2.24) is 0 Å². The smallest absolute Gasteiger partial charge is 0.151 e. The number of hydrogen-bond acceptors (Lipinski definition) is 6. The first-order valence-corrected chi connectivity index (χ1v) is 3.77. The predicted octanol–water partition coefficient (Wildman–Crippen LogP) is -2.99. The number of carbonyl (C=O) groups is 1. The molecule has 0 aromatic rings. The minimum atomic E-state index is -1.80. The average molecular weight is 194 g/mol. The molecule has 0 aliphatic rings. The lowest BCUT2D eigenvalue weighted by molar-refractivity contribution is -0.142. The van der Waals surface area contributed by atoms with Gasteiger partial charge in [0.25, 0.3) is 0 Å². The van der Waals surface area contributed by atoms with Gasteiger partial charge in [0.15, 0.2) is 6.29 Å². The minimum Gasteiger partial charge on any atom is -0.391 e. The zero-order valence-electron chi connectivity index (χ0n) is 7.11. The third-order valence-corrected chi connectivity index (χ3v) is 1.68. The Balaban J connectivity index is 4.23. The molecular weight excluding hydrogens is 180 g/mol. The van der Waals surface area contributed by atoms with Gasteiger partial charge in [-0.3, -0.25) is 0 Å². The lowest BCUT2D eigenvalue weighted by Crippen LogP contribution is -2.48. The highest BCUT2D eigenvalue weighted by molar-refractivity contribution is 5.56. The molecule has 6 heteroatoms. The summed E-state index contributed by atoms with van der Waals surface area (Å²) >= 11 is 0. The molecule has 78 valence electrons. The molecule has 13 heavy (non-hydrogen) atoms. The Morgan fingerprint density at radius 3 is 1.69 bits per heavy atom. The lowest BCUT2D eigenvalue weighted by atomic mass is 10.0. The van der Waals surface area contributed by atoms with E-state index in [0.29, 0.717) is 0 Å². The monoisotopic (exact) mass is 194 g/mol. The molecule has 0 radical (unpaired) electrons. The van der Waals surface area contributed by atoms with Crippen LogP contribution in [-0.2, 0) is 4.79 Å². The molecule has 5 atom stereocenters. The van der Waals surface area contributed by atoms with Crippen molar-refractivity contribution in [3.63, 3.8) is 0 Å². The molecule has 6 nitrogen and oxygen atoms in total. The Morgan fingerprint density at radius 1 is 0.923 bits per heavy atom. The largest absolute Gasteiger partial charge is 0.391 e. The molecule has 0 heterocycles. The van der Waals surface area contributed by atoms with E-state index < -0.39 is 30.5 Å². The van der Waals surface area contributed by atoms with Gasteiger partial charge in [-0.25, -0.2) is 0 Å². The van der Waals surface area contributed by atoms with E-state index in [1.165, 1.54) is 6.92 Å². The molecule has 0 spiro atoms. The van der Waals surface area contributed by atoms with Crippen LogP contribution in [0.5, 0.6) is 0 Å². The maximum Gasteiger partial charge on any atom is 0.151 e. The van der Waals surface area contributed by atoms with Crippen LogP contribution >= 0.6 is 0 Å². The van der Waals surface area contributed by atoms with Gasteiger partial charge in [-0.05, 0) is 6.92 Å². The summed E-state index contributed by atoms with van der Waals surface area (Å²) in [6.45, 7) is 1.20. The van der Waals surface area contributed by atoms with Crippen molar-refractivity contribution in [2.45, 2.75) is 37.4 Å². The van der Waals surface area contributed by atoms with Crippen LogP contribution in [0.1, 0.15) is 6.92 Å². The zero-order chi connectivity index (χ0) is 10.6. The van der Waals surface area contributed by atoms with Gasteiger partial charge in [-0.15, -0.1) is 0 Å². The summed E-state index contributed by atoms with van der Waals surface area (Å²) in [6.07, 6.45) is -8.18. The van der Waals surface area contributed by atoms with Gasteiger partial charge < -0.3 is 30.3 Å². The summed E-state index contributed by atoms with van der Waals surface area (Å²) in [7, 11) is 0. The molecule has 0 amide bonds. The van der Waals surface area contributed by atoms with Gasteiger partial charge in [0.05, 0.1) is 6.10 Å². The van der Waals surface area contributed by atoms with Crippen LogP contribution in [0.2, 0.25) is 0 Å². The van der Waals surface area contributed by atoms with E-state index in [-0.39, 0.29) is 6.29 Å². The molecular formula is C7H14O6. The van der Waals surface area contributed by atoms with Gasteiger partial charge in [-0.1, -0.05) is 0 Å². The lowest BCUT2D eigenvalue weighted by Gasteiger charge is -2.25. The van der Waals surface area contributed by atoms with Crippen molar-refractivity contribution in [3.05, 3.63) is 0 Å². The summed E-state index contributed by atoms with van der Waals surface area (Å²) in [5.41, 5.74) is 0. The quantitative estimate of drug-likeness (QED) is 0.298. The van der Waals surface area contributed by atoms with Crippen LogP contribution < -0.4 is 0 Å². The number of carbonyl (C=O) groups excluding carboxylic acids is 1. The molecule has 5 N–H and O–H groups in total. The Labute approximate surface area is 75.1 Å². The average Bonchev–Trinajstić information content (AvgIpc) is 2.12. The second-order valence-corrected chi connectivity index (χ2v) is 2.84. The van der Waals surface area contributed by atoms with Crippen molar-refractivity contribution in [2.75, 3.05) is 0 Å². The van der Waals surface area contributed by atoms with Gasteiger partial charge in [0, 0.05) is 0 Å². The summed E-state index contributed by atoms with van der Waals surface area (Å²) in [5.74, 6) is 0. The maximum absolute atomic E-state index is 9.98. The Kier molecular flexibility index (Phi) is 5.04. The fraction of sp³-hybridized carbons (Fsp3) is 0.857. The second kappa shape index (κ2) is 5.25. The van der Waals surface area contributed by atoms with E-state index in [1.54, 1.807) is 0 Å². The van der Waals surface area contributed by atoms with Crippen LogP contribution in [0, 0.1) is 0 Å². The number of aldehydes is 1. The SMILES string of the molecule is C[C@H](O)[C@H](O)[C@@H](O)[C@@H](O)[C@@H](O)C=O. The standard InChI is InChI=1S/C7H14O6/c1-3(9)5(11)7(13)6(12)4(10)2-8/h2-7,9-13H,1H3/t3-,4-,5-,6-,7+/m0/s1. The fourth-order valence-corrected chi connectivity index (χ4v) is 0.770. The predicted molar refractivity (Wildman–Crippen MR) is 41.8 cm³/mol. The van der Waals surface area contributed by atoms with Crippen LogP contribution in [0.15, 0.2) is 0 Å². The zero-order valence-corrected chi connectivity index (χ0v) is 7.11. The van der Waals surface area contributed by atoms with E-state index in [0.717, 1.165) is 0 Å². The molecule has 0 aromatic carbocycles. The molecule has 0 unspecified atom stereocenters. The number of hydrogen-bond donors (Lipinski definition) is 5. The van der Waals surface area contributed by atoms with Crippen molar-refractivity contribution >= 4 is 6.29 Å². The molecule has 0 rings (SSSR count). The highest BCUT2D eigenvalue weighted by Crippen LogP contribution is 2.06. The van der Waals surface area contributed by atoms with Crippen LogP contribution in [0.4, 0.5) is 0 Å². The molecule has 0 aliphatic heterocycles. The van der Waals surface area contributed by atoms with Crippen molar-refractivity contribution in [3.8, 4) is 0 Å². The summed E-state index contributed by atoms with van der Waals surface area (Å²) < 4.78 is 0. The minimum absolute atomic E-state index is 0.0304. The summed E-state index contributed by atoms with van der Waals surface area (Å²) in [4.78, 5) is 9.98. The van der Waals surface area contributed by atoms with Crippen LogP contribution in [-0.4, -0.2) is 62.3 Å². The molecule has 0 fully saturated rings. The van der Waals surface area contributed by atoms with Gasteiger partial charge in [0.2, 0.25) is 0 Å². The van der Waals surface area contributed by atoms with E-state index in [2.05, 4.69) is 0 Å². The maximum atomic E-state index is 9.98. The van der Waals surface area contributed by atoms with Crippen molar-refractivity contribution < 1.29 is 30.3 Å². The van der Waals surface area contributed by atoms with E-state index >= 15 is 0 Å². The molecule has 0 saturated heterocycles. The third kappa shape index (κ3) is 3.37. The van der Waals surface area contributed by atoms with Crippen molar-refractivity contribution in [1.29, 1.82) is 0 Å². The number of aliphatic hydroxyl groups is 5. The highest BCUT2D eigenvalue weighted by Gasteiger charge is 2.32. The Morgan fingerprint density at radius 2 is 1.38 bits per heavy atom. The topological polar surface area (TPSA) is 118 Å². The highest BCUT2D eigenvalue weighted by atomic mass is 16.4. The molecule has 0 bridgehead atoms. The van der Waals surface area contributed by atoms with Gasteiger partial charge >= 0.3 is 0 Å². The van der Waals surface area contributed by atoms with Crippen LogP contribution in [0.25, 0.3) is 0 Å². The first-order valence-electron chi connectivity index (χ1n) is 3.77. The third-order valence-electron chi connectivity index (χ3n) is 1.68. The van der Waals surface area contributed by atoms with E-state index in [1.807, 2.05) is 0 Å². The van der Waals surface area contributed by atoms with Crippen molar-refractivity contribution in [2.24, 2.45) is 0 Å². The first-order chi connectivity index (χ1) is 5.91.